The van der Waals surface area contributed by atoms with Gasteiger partial charge in [-0.2, -0.15) is 0 Å². The highest BCUT2D eigenvalue weighted by molar-refractivity contribution is 7.18. The second-order valence-corrected chi connectivity index (χ2v) is 6.59. The van der Waals surface area contributed by atoms with Crippen LogP contribution in [0.3, 0.4) is 0 Å². The van der Waals surface area contributed by atoms with E-state index in [1.807, 2.05) is 25.1 Å². The van der Waals surface area contributed by atoms with Crippen molar-refractivity contribution in [1.29, 1.82) is 0 Å². The van der Waals surface area contributed by atoms with Crippen LogP contribution < -0.4 is 0 Å². The van der Waals surface area contributed by atoms with Crippen molar-refractivity contribution in [2.24, 2.45) is 5.41 Å². The summed E-state index contributed by atoms with van der Waals surface area (Å²) in [5.41, 5.74) is 0.475. The van der Waals surface area contributed by atoms with Crippen molar-refractivity contribution in [3.63, 3.8) is 0 Å². The van der Waals surface area contributed by atoms with Crippen LogP contribution in [0.5, 0.6) is 0 Å². The van der Waals surface area contributed by atoms with Gasteiger partial charge in [-0.05, 0) is 31.5 Å². The van der Waals surface area contributed by atoms with Gasteiger partial charge in [0.2, 0.25) is 0 Å². The van der Waals surface area contributed by atoms with Crippen LogP contribution in [-0.4, -0.2) is 34.0 Å². The van der Waals surface area contributed by atoms with Gasteiger partial charge in [0.1, 0.15) is 5.01 Å². The number of hydrogen-bond acceptors (Lipinski definition) is 4. The summed E-state index contributed by atoms with van der Waals surface area (Å²) in [6.45, 7) is 4.20. The Bertz CT molecular complexity index is 607. The highest BCUT2D eigenvalue weighted by atomic mass is 32.1. The summed E-state index contributed by atoms with van der Waals surface area (Å²) in [4.78, 5) is 18.3. The zero-order valence-corrected chi connectivity index (χ0v) is 12.3. The normalized spacial score (nSPS) is 23.4. The second-order valence-electron chi connectivity index (χ2n) is 5.48. The maximum absolute atomic E-state index is 11.5. The van der Waals surface area contributed by atoms with Gasteiger partial charge in [0, 0.05) is 6.54 Å². The van der Waals surface area contributed by atoms with E-state index >= 15 is 0 Å². The summed E-state index contributed by atoms with van der Waals surface area (Å²) in [6.07, 6.45) is 1.43. The first-order valence-corrected chi connectivity index (χ1v) is 7.75. The van der Waals surface area contributed by atoms with Gasteiger partial charge in [-0.15, -0.1) is 11.3 Å². The van der Waals surface area contributed by atoms with Gasteiger partial charge in [0.15, 0.2) is 0 Å². The third-order valence-corrected chi connectivity index (χ3v) is 5.28. The molecule has 2 aromatic rings. The zero-order chi connectivity index (χ0) is 14.2. The molecule has 1 unspecified atom stereocenters. The number of thiazole rings is 1. The minimum atomic E-state index is -0.660. The van der Waals surface area contributed by atoms with Crippen LogP contribution in [0.1, 0.15) is 24.8 Å². The molecule has 0 radical (unpaired) electrons. The van der Waals surface area contributed by atoms with Crippen LogP contribution in [0.2, 0.25) is 0 Å². The molecular formula is C15H18N2O2S. The predicted molar refractivity (Wildman–Crippen MR) is 79.9 cm³/mol. The Morgan fingerprint density at radius 3 is 2.95 bits per heavy atom. The summed E-state index contributed by atoms with van der Waals surface area (Å²) < 4.78 is 1.20. The van der Waals surface area contributed by atoms with Crippen molar-refractivity contribution < 1.29 is 9.90 Å². The highest BCUT2D eigenvalue weighted by Gasteiger charge is 2.43. The van der Waals surface area contributed by atoms with Crippen LogP contribution in [0.15, 0.2) is 24.3 Å². The molecule has 1 aliphatic rings. The predicted octanol–water partition coefficient (Wildman–Crippen LogP) is 2.98. The lowest BCUT2D eigenvalue weighted by molar-refractivity contribution is -0.148. The minimum Gasteiger partial charge on any atom is -0.481 e. The molecule has 1 N–H and O–H groups in total. The number of rotatable bonds is 4. The molecule has 1 aromatic carbocycles. The molecule has 1 saturated heterocycles. The fourth-order valence-electron chi connectivity index (χ4n) is 2.89. The number of fused-ring (bicyclic) bond motifs is 1. The van der Waals surface area contributed by atoms with Crippen molar-refractivity contribution in [2.75, 3.05) is 13.1 Å². The van der Waals surface area contributed by atoms with Crippen molar-refractivity contribution in [1.82, 2.24) is 9.88 Å². The quantitative estimate of drug-likeness (QED) is 0.940. The summed E-state index contributed by atoms with van der Waals surface area (Å²) in [5.74, 6) is -0.660. The summed E-state index contributed by atoms with van der Waals surface area (Å²) in [5, 5.41) is 10.5. The van der Waals surface area contributed by atoms with Crippen LogP contribution in [0.4, 0.5) is 0 Å². The topological polar surface area (TPSA) is 53.4 Å². The molecule has 0 bridgehead atoms. The highest BCUT2D eigenvalue weighted by Crippen LogP contribution is 2.35. The second kappa shape index (κ2) is 5.14. The van der Waals surface area contributed by atoms with E-state index < -0.39 is 11.4 Å². The van der Waals surface area contributed by atoms with Gasteiger partial charge in [0.25, 0.3) is 0 Å². The Balaban J connectivity index is 1.74. The number of likely N-dealkylation sites (tertiary alicyclic amines) is 1. The number of benzene rings is 1. The number of nitrogens with zero attached hydrogens (tertiary/aromatic N) is 2. The van der Waals surface area contributed by atoms with Gasteiger partial charge >= 0.3 is 5.97 Å². The number of carbonyl (C=O) groups is 1. The molecule has 0 spiro atoms. The molecule has 0 aliphatic carbocycles. The molecule has 1 atom stereocenters. The molecule has 1 fully saturated rings. The van der Waals surface area contributed by atoms with E-state index in [4.69, 9.17) is 0 Å². The number of carboxylic acids is 1. The fraction of sp³-hybridized carbons (Fsp3) is 0.467. The first kappa shape index (κ1) is 13.5. The first-order chi connectivity index (χ1) is 9.63. The smallest absolute Gasteiger partial charge is 0.310 e. The van der Waals surface area contributed by atoms with Crippen LogP contribution in [0, 0.1) is 5.41 Å². The lowest BCUT2D eigenvalue weighted by atomic mass is 9.84. The Labute approximate surface area is 122 Å². The van der Waals surface area contributed by atoms with E-state index in [1.165, 1.54) is 4.70 Å². The van der Waals surface area contributed by atoms with Crippen molar-refractivity contribution in [2.45, 2.75) is 26.3 Å². The molecule has 1 aromatic heterocycles. The van der Waals surface area contributed by atoms with Gasteiger partial charge < -0.3 is 5.11 Å². The van der Waals surface area contributed by atoms with Gasteiger partial charge in [0.05, 0.1) is 22.2 Å². The third kappa shape index (κ3) is 2.31. The molecule has 4 nitrogen and oxygen atoms in total. The standard InChI is InChI=1S/C15H18N2O2S/c1-2-15(14(18)19)7-8-17(10-15)9-13-16-11-5-3-4-6-12(11)20-13/h3-6H,2,7-10H2,1H3,(H,18,19). The van der Waals surface area contributed by atoms with E-state index in [1.54, 1.807) is 11.3 Å². The largest absolute Gasteiger partial charge is 0.481 e. The molecular weight excluding hydrogens is 272 g/mol. The number of carboxylic acid groups (broad SMARTS) is 1. The monoisotopic (exact) mass is 290 g/mol. The molecule has 5 heteroatoms. The average molecular weight is 290 g/mol. The van der Waals surface area contributed by atoms with E-state index in [0.717, 1.165) is 30.0 Å². The van der Waals surface area contributed by atoms with Crippen molar-refractivity contribution in [3.8, 4) is 0 Å². The SMILES string of the molecule is CCC1(C(=O)O)CCN(Cc2nc3ccccc3s2)C1. The molecule has 1 aliphatic heterocycles. The summed E-state index contributed by atoms with van der Waals surface area (Å²) in [7, 11) is 0. The van der Waals surface area contributed by atoms with E-state index in [9.17, 15) is 9.90 Å². The number of aliphatic carboxylic acids is 1. The Morgan fingerprint density at radius 1 is 1.50 bits per heavy atom. The van der Waals surface area contributed by atoms with Crippen molar-refractivity contribution >= 4 is 27.5 Å². The fourth-order valence-corrected chi connectivity index (χ4v) is 3.90. The lowest BCUT2D eigenvalue weighted by Crippen LogP contribution is -2.33. The maximum atomic E-state index is 11.5. The number of aromatic nitrogens is 1. The zero-order valence-electron chi connectivity index (χ0n) is 11.5. The van der Waals surface area contributed by atoms with Gasteiger partial charge in [-0.3, -0.25) is 9.69 Å². The van der Waals surface area contributed by atoms with Crippen molar-refractivity contribution in [3.05, 3.63) is 29.3 Å². The lowest BCUT2D eigenvalue weighted by Gasteiger charge is -2.22. The summed E-state index contributed by atoms with van der Waals surface area (Å²) >= 11 is 1.70. The van der Waals surface area contributed by atoms with Crippen LogP contribution in [-0.2, 0) is 11.3 Å². The third-order valence-electron chi connectivity index (χ3n) is 4.26. The molecule has 2 heterocycles. The van der Waals surface area contributed by atoms with E-state index in [0.29, 0.717) is 13.0 Å². The summed E-state index contributed by atoms with van der Waals surface area (Å²) in [6, 6.07) is 8.11. The van der Waals surface area contributed by atoms with E-state index in [2.05, 4.69) is 16.0 Å². The van der Waals surface area contributed by atoms with E-state index in [-0.39, 0.29) is 0 Å². The molecule has 0 amide bonds. The first-order valence-electron chi connectivity index (χ1n) is 6.93. The molecule has 0 saturated carbocycles. The average Bonchev–Trinajstić information content (AvgIpc) is 3.03. The Hall–Kier alpha value is -1.46. The van der Waals surface area contributed by atoms with Crippen LogP contribution >= 0.6 is 11.3 Å². The minimum absolute atomic E-state index is 0.559. The molecule has 106 valence electrons. The molecule has 20 heavy (non-hydrogen) atoms. The van der Waals surface area contributed by atoms with Crippen LogP contribution in [0.25, 0.3) is 10.2 Å². The van der Waals surface area contributed by atoms with Gasteiger partial charge in [-0.1, -0.05) is 19.1 Å². The number of hydrogen-bond donors (Lipinski definition) is 1. The maximum Gasteiger partial charge on any atom is 0.310 e. The Kier molecular flexibility index (Phi) is 3.48. The molecule has 3 rings (SSSR count). The number of para-hydroxylation sites is 1. The Morgan fingerprint density at radius 2 is 2.30 bits per heavy atom. The van der Waals surface area contributed by atoms with Gasteiger partial charge in [-0.25, -0.2) is 4.98 Å².